The highest BCUT2D eigenvalue weighted by Crippen LogP contribution is 2.44. The standard InChI is InChI=1S/C18H26N4O3/c1-12-15(20-11-19-12)8-21-6-14-7-22(10-18(14,9-21)17(24)25)16(23)5-4-13-2-3-13/h11,13-14H,2-10H2,1H3,(H,19,20)(H,24,25)/t14-,18-/m0/s1. The molecule has 1 amide bonds. The summed E-state index contributed by atoms with van der Waals surface area (Å²) in [6.07, 6.45) is 5.70. The van der Waals surface area contributed by atoms with Gasteiger partial charge >= 0.3 is 5.97 Å². The molecule has 0 spiro atoms. The van der Waals surface area contributed by atoms with E-state index in [1.54, 1.807) is 11.2 Å². The van der Waals surface area contributed by atoms with Gasteiger partial charge in [0.05, 0.1) is 12.0 Å². The monoisotopic (exact) mass is 346 g/mol. The van der Waals surface area contributed by atoms with Crippen LogP contribution in [0, 0.1) is 24.2 Å². The lowest BCUT2D eigenvalue weighted by Crippen LogP contribution is -2.42. The summed E-state index contributed by atoms with van der Waals surface area (Å²) in [6.45, 7) is 4.78. The zero-order chi connectivity index (χ0) is 17.6. The van der Waals surface area contributed by atoms with Gasteiger partial charge in [0.25, 0.3) is 0 Å². The molecule has 136 valence electrons. The molecule has 2 aliphatic heterocycles. The largest absolute Gasteiger partial charge is 0.481 e. The first-order valence-electron chi connectivity index (χ1n) is 9.20. The Kier molecular flexibility index (Phi) is 4.06. The molecule has 4 rings (SSSR count). The molecule has 1 saturated carbocycles. The molecule has 3 heterocycles. The van der Waals surface area contributed by atoms with Gasteiger partial charge in [0.2, 0.25) is 5.91 Å². The minimum atomic E-state index is -0.820. The maximum absolute atomic E-state index is 12.5. The minimum Gasteiger partial charge on any atom is -0.481 e. The van der Waals surface area contributed by atoms with Crippen LogP contribution in [-0.2, 0) is 16.1 Å². The Balaban J connectivity index is 1.41. The number of fused-ring (bicyclic) bond motifs is 1. The number of H-pyrrole nitrogens is 1. The number of likely N-dealkylation sites (tertiary alicyclic amines) is 2. The Morgan fingerprint density at radius 1 is 1.36 bits per heavy atom. The van der Waals surface area contributed by atoms with E-state index in [1.807, 2.05) is 6.92 Å². The van der Waals surface area contributed by atoms with Crippen LogP contribution >= 0.6 is 0 Å². The second-order valence-electron chi connectivity index (χ2n) is 8.06. The first kappa shape index (κ1) is 16.6. The number of nitrogens with zero attached hydrogens (tertiary/aromatic N) is 3. The third-order valence-electron chi connectivity index (χ3n) is 6.23. The van der Waals surface area contributed by atoms with E-state index >= 15 is 0 Å². The van der Waals surface area contributed by atoms with Crippen molar-refractivity contribution >= 4 is 11.9 Å². The molecule has 7 nitrogen and oxygen atoms in total. The summed E-state index contributed by atoms with van der Waals surface area (Å²) in [5.41, 5.74) is 1.18. The number of carbonyl (C=O) groups is 2. The van der Waals surface area contributed by atoms with Crippen LogP contribution in [0.25, 0.3) is 0 Å². The molecule has 0 bridgehead atoms. The molecule has 2 N–H and O–H groups in total. The summed E-state index contributed by atoms with van der Waals surface area (Å²) in [5.74, 6) is 0.106. The summed E-state index contributed by atoms with van der Waals surface area (Å²) in [6, 6.07) is 0. The third-order valence-corrected chi connectivity index (χ3v) is 6.23. The number of imidazole rings is 1. The van der Waals surface area contributed by atoms with Crippen LogP contribution in [0.4, 0.5) is 0 Å². The molecule has 7 heteroatoms. The molecule has 1 aromatic rings. The van der Waals surface area contributed by atoms with Gasteiger partial charge in [-0.3, -0.25) is 14.5 Å². The van der Waals surface area contributed by atoms with Gasteiger partial charge in [0, 0.05) is 50.8 Å². The number of aromatic amines is 1. The second kappa shape index (κ2) is 6.12. The third kappa shape index (κ3) is 3.05. The molecule has 0 unspecified atom stereocenters. The Morgan fingerprint density at radius 3 is 2.76 bits per heavy atom. The fraction of sp³-hybridized carbons (Fsp3) is 0.722. The summed E-state index contributed by atoms with van der Waals surface area (Å²) in [5, 5.41) is 9.91. The molecule has 3 fully saturated rings. The van der Waals surface area contributed by atoms with Crippen LogP contribution in [0.1, 0.15) is 37.1 Å². The Hall–Kier alpha value is -1.89. The molecule has 1 aromatic heterocycles. The van der Waals surface area contributed by atoms with Crippen molar-refractivity contribution in [2.24, 2.45) is 17.3 Å². The fourth-order valence-corrected chi connectivity index (χ4v) is 4.43. The van der Waals surface area contributed by atoms with E-state index in [0.29, 0.717) is 39.1 Å². The van der Waals surface area contributed by atoms with Crippen molar-refractivity contribution in [2.75, 3.05) is 26.2 Å². The maximum Gasteiger partial charge on any atom is 0.313 e. The minimum absolute atomic E-state index is 0.00845. The number of aromatic nitrogens is 2. The van der Waals surface area contributed by atoms with Crippen LogP contribution in [0.2, 0.25) is 0 Å². The lowest BCUT2D eigenvalue weighted by Gasteiger charge is -2.25. The number of carbonyl (C=O) groups excluding carboxylic acids is 1. The van der Waals surface area contributed by atoms with E-state index in [4.69, 9.17) is 0 Å². The van der Waals surface area contributed by atoms with E-state index in [1.165, 1.54) is 12.8 Å². The number of carboxylic acids is 1. The van der Waals surface area contributed by atoms with Crippen molar-refractivity contribution in [2.45, 2.75) is 39.2 Å². The number of carboxylic acid groups (broad SMARTS) is 1. The summed E-state index contributed by atoms with van der Waals surface area (Å²) in [4.78, 5) is 35.9. The zero-order valence-electron chi connectivity index (χ0n) is 14.7. The number of rotatable bonds is 6. The van der Waals surface area contributed by atoms with Gasteiger partial charge < -0.3 is 15.0 Å². The molecule has 0 radical (unpaired) electrons. The number of amides is 1. The SMILES string of the molecule is Cc1[nH]cnc1CN1C[C@H]2CN(C(=O)CCC3CC3)C[C@@]2(C(=O)O)C1. The van der Waals surface area contributed by atoms with E-state index in [-0.39, 0.29) is 11.8 Å². The number of hydrogen-bond donors (Lipinski definition) is 2. The van der Waals surface area contributed by atoms with E-state index in [0.717, 1.165) is 23.7 Å². The van der Waals surface area contributed by atoms with Gasteiger partial charge in [-0.2, -0.15) is 0 Å². The summed E-state index contributed by atoms with van der Waals surface area (Å²) in [7, 11) is 0. The molecule has 3 aliphatic rings. The van der Waals surface area contributed by atoms with Crippen molar-refractivity contribution in [3.63, 3.8) is 0 Å². The maximum atomic E-state index is 12.5. The Morgan fingerprint density at radius 2 is 2.16 bits per heavy atom. The lowest BCUT2D eigenvalue weighted by molar-refractivity contribution is -0.149. The van der Waals surface area contributed by atoms with Gasteiger partial charge in [-0.05, 0) is 19.3 Å². The average Bonchev–Trinajstić information content (AvgIpc) is 3.05. The number of hydrogen-bond acceptors (Lipinski definition) is 4. The second-order valence-corrected chi connectivity index (χ2v) is 8.06. The van der Waals surface area contributed by atoms with Gasteiger partial charge in [-0.1, -0.05) is 12.8 Å². The van der Waals surface area contributed by atoms with Gasteiger partial charge in [0.1, 0.15) is 5.41 Å². The van der Waals surface area contributed by atoms with Crippen molar-refractivity contribution in [1.29, 1.82) is 0 Å². The molecule has 25 heavy (non-hydrogen) atoms. The Labute approximate surface area is 147 Å². The lowest BCUT2D eigenvalue weighted by atomic mass is 9.81. The van der Waals surface area contributed by atoms with Crippen LogP contribution in [-0.4, -0.2) is 62.9 Å². The summed E-state index contributed by atoms with van der Waals surface area (Å²) < 4.78 is 0. The topological polar surface area (TPSA) is 89.5 Å². The molecule has 2 atom stereocenters. The highest BCUT2D eigenvalue weighted by molar-refractivity contribution is 5.81. The smallest absolute Gasteiger partial charge is 0.313 e. The van der Waals surface area contributed by atoms with Gasteiger partial charge in [-0.25, -0.2) is 4.98 Å². The fourth-order valence-electron chi connectivity index (χ4n) is 4.43. The first-order chi connectivity index (χ1) is 12.0. The van der Waals surface area contributed by atoms with E-state index < -0.39 is 11.4 Å². The highest BCUT2D eigenvalue weighted by atomic mass is 16.4. The van der Waals surface area contributed by atoms with Crippen LogP contribution < -0.4 is 0 Å². The molecular formula is C18H26N4O3. The number of aliphatic carboxylic acids is 1. The van der Waals surface area contributed by atoms with Crippen molar-refractivity contribution in [3.05, 3.63) is 17.7 Å². The molecule has 0 aromatic carbocycles. The summed E-state index contributed by atoms with van der Waals surface area (Å²) >= 11 is 0. The zero-order valence-corrected chi connectivity index (χ0v) is 14.7. The van der Waals surface area contributed by atoms with Crippen molar-refractivity contribution in [3.8, 4) is 0 Å². The van der Waals surface area contributed by atoms with E-state index in [2.05, 4.69) is 14.9 Å². The quantitative estimate of drug-likeness (QED) is 0.809. The average molecular weight is 346 g/mol. The van der Waals surface area contributed by atoms with Gasteiger partial charge in [-0.15, -0.1) is 0 Å². The van der Waals surface area contributed by atoms with Crippen molar-refractivity contribution in [1.82, 2.24) is 19.8 Å². The van der Waals surface area contributed by atoms with Crippen LogP contribution in [0.15, 0.2) is 6.33 Å². The highest BCUT2D eigenvalue weighted by Gasteiger charge is 2.58. The Bertz CT molecular complexity index is 684. The molecular weight excluding hydrogens is 320 g/mol. The predicted molar refractivity (Wildman–Crippen MR) is 90.7 cm³/mol. The van der Waals surface area contributed by atoms with E-state index in [9.17, 15) is 14.7 Å². The normalized spacial score (nSPS) is 29.2. The molecule has 2 saturated heterocycles. The van der Waals surface area contributed by atoms with Crippen molar-refractivity contribution < 1.29 is 14.7 Å². The number of aryl methyl sites for hydroxylation is 1. The first-order valence-corrected chi connectivity index (χ1v) is 9.20. The molecule has 1 aliphatic carbocycles. The van der Waals surface area contributed by atoms with Crippen LogP contribution in [0.5, 0.6) is 0 Å². The van der Waals surface area contributed by atoms with Crippen LogP contribution in [0.3, 0.4) is 0 Å². The predicted octanol–water partition coefficient (Wildman–Crippen LogP) is 1.25. The van der Waals surface area contributed by atoms with Gasteiger partial charge in [0.15, 0.2) is 0 Å². The number of nitrogens with one attached hydrogen (secondary N) is 1.